The number of aromatic nitrogens is 1. The van der Waals surface area contributed by atoms with Gasteiger partial charge < -0.3 is 16.0 Å². The minimum Gasteiger partial charge on any atom is -0.361 e. The van der Waals surface area contributed by atoms with Gasteiger partial charge in [0.1, 0.15) is 6.04 Å². The third-order valence-corrected chi connectivity index (χ3v) is 5.26. The lowest BCUT2D eigenvalue weighted by Gasteiger charge is -2.13. The molecule has 1 aromatic heterocycles. The second-order valence-corrected chi connectivity index (χ2v) is 7.18. The Hall–Kier alpha value is -3.12. The normalized spacial score (nSPS) is 16.8. The molecule has 6 heteroatoms. The number of amides is 3. The van der Waals surface area contributed by atoms with Gasteiger partial charge in [0.25, 0.3) is 5.91 Å². The van der Waals surface area contributed by atoms with Gasteiger partial charge in [0, 0.05) is 17.1 Å². The molecule has 4 N–H and O–H groups in total. The van der Waals surface area contributed by atoms with Crippen molar-refractivity contribution >= 4 is 22.8 Å². The fraction of sp³-hybridized carbons (Fsp3) is 0.273. The lowest BCUT2D eigenvalue weighted by Crippen LogP contribution is -2.31. The summed E-state index contributed by atoms with van der Waals surface area (Å²) in [7, 11) is 0. The number of imide groups is 1. The van der Waals surface area contributed by atoms with Crippen molar-refractivity contribution in [3.63, 3.8) is 0 Å². The molecule has 1 saturated heterocycles. The Morgan fingerprint density at radius 3 is 2.61 bits per heavy atom. The van der Waals surface area contributed by atoms with Crippen LogP contribution in [0.15, 0.2) is 54.7 Å². The first-order valence-electron chi connectivity index (χ1n) is 9.60. The molecule has 6 nitrogen and oxygen atoms in total. The lowest BCUT2D eigenvalue weighted by molar-refractivity contribution is -0.128. The molecule has 0 aliphatic carbocycles. The first kappa shape index (κ1) is 18.3. The van der Waals surface area contributed by atoms with E-state index in [9.17, 15) is 9.59 Å². The number of aryl methyl sites for hydroxylation is 1. The quantitative estimate of drug-likeness (QED) is 0.554. The summed E-state index contributed by atoms with van der Waals surface area (Å²) in [6.45, 7) is 0.913. The number of hydrogen-bond donors (Lipinski definition) is 3. The summed E-state index contributed by atoms with van der Waals surface area (Å²) in [6.07, 6.45) is 4.13. The first-order chi connectivity index (χ1) is 13.7. The van der Waals surface area contributed by atoms with Crippen molar-refractivity contribution < 1.29 is 9.59 Å². The van der Waals surface area contributed by atoms with E-state index in [1.165, 1.54) is 15.8 Å². The number of benzene rings is 2. The Morgan fingerprint density at radius 2 is 1.82 bits per heavy atom. The Morgan fingerprint density at radius 1 is 1.00 bits per heavy atom. The Labute approximate surface area is 163 Å². The van der Waals surface area contributed by atoms with E-state index in [-0.39, 0.29) is 11.9 Å². The van der Waals surface area contributed by atoms with E-state index in [0.717, 1.165) is 29.5 Å². The molecule has 0 saturated carbocycles. The number of carbonyl (C=O) groups is 2. The number of fused-ring (bicyclic) bond motifs is 1. The van der Waals surface area contributed by atoms with Gasteiger partial charge in [0.05, 0.1) is 6.54 Å². The summed E-state index contributed by atoms with van der Waals surface area (Å²) < 4.78 is 0. The number of nitrogens with one attached hydrogen (secondary N) is 2. The zero-order valence-corrected chi connectivity index (χ0v) is 15.7. The van der Waals surface area contributed by atoms with Crippen LogP contribution < -0.4 is 11.1 Å². The molecule has 3 amide bonds. The predicted octanol–water partition coefficient (Wildman–Crippen LogP) is 2.72. The molecule has 3 aromatic rings. The highest BCUT2D eigenvalue weighted by Crippen LogP contribution is 2.22. The summed E-state index contributed by atoms with van der Waals surface area (Å²) in [5.41, 5.74) is 10.1. The maximum atomic E-state index is 12.7. The van der Waals surface area contributed by atoms with E-state index in [1.807, 2.05) is 36.5 Å². The fourth-order valence-corrected chi connectivity index (χ4v) is 3.74. The van der Waals surface area contributed by atoms with Crippen LogP contribution in [0.2, 0.25) is 0 Å². The summed E-state index contributed by atoms with van der Waals surface area (Å²) >= 11 is 0. The summed E-state index contributed by atoms with van der Waals surface area (Å²) in [5.74, 6) is -0.152. The van der Waals surface area contributed by atoms with Gasteiger partial charge in [-0.15, -0.1) is 0 Å². The van der Waals surface area contributed by atoms with E-state index in [1.54, 1.807) is 0 Å². The van der Waals surface area contributed by atoms with E-state index in [0.29, 0.717) is 19.5 Å². The van der Waals surface area contributed by atoms with E-state index < -0.39 is 6.04 Å². The number of rotatable bonds is 7. The van der Waals surface area contributed by atoms with Crippen molar-refractivity contribution in [3.05, 3.63) is 71.4 Å². The van der Waals surface area contributed by atoms with Gasteiger partial charge in [0.15, 0.2) is 0 Å². The van der Waals surface area contributed by atoms with Crippen molar-refractivity contribution in [2.45, 2.75) is 31.8 Å². The zero-order valence-electron chi connectivity index (χ0n) is 15.7. The number of H-pyrrole nitrogens is 1. The van der Waals surface area contributed by atoms with Crippen molar-refractivity contribution in [2.75, 3.05) is 6.54 Å². The van der Waals surface area contributed by atoms with E-state index >= 15 is 0 Å². The van der Waals surface area contributed by atoms with E-state index in [4.69, 9.17) is 5.73 Å². The summed E-state index contributed by atoms with van der Waals surface area (Å²) in [5, 5.41) is 4.00. The highest BCUT2D eigenvalue weighted by Gasteiger charge is 2.37. The summed E-state index contributed by atoms with van der Waals surface area (Å²) in [4.78, 5) is 29.5. The van der Waals surface area contributed by atoms with Crippen LogP contribution in [0.1, 0.15) is 23.1 Å². The van der Waals surface area contributed by atoms with Gasteiger partial charge in [-0.25, -0.2) is 4.79 Å². The van der Waals surface area contributed by atoms with Crippen LogP contribution in [0.25, 0.3) is 10.9 Å². The third-order valence-electron chi connectivity index (χ3n) is 5.26. The molecule has 1 unspecified atom stereocenters. The molecule has 1 atom stereocenters. The van der Waals surface area contributed by atoms with Crippen LogP contribution in [0.3, 0.4) is 0 Å². The molecular formula is C22H24N4O2. The molecule has 1 aliphatic heterocycles. The second kappa shape index (κ2) is 7.86. The minimum atomic E-state index is -0.471. The number of carbonyl (C=O) groups excluding carboxylic acids is 2. The molecule has 144 valence electrons. The number of hydrogen-bond acceptors (Lipinski definition) is 3. The highest BCUT2D eigenvalue weighted by atomic mass is 16.2. The van der Waals surface area contributed by atoms with Gasteiger partial charge in [0.2, 0.25) is 0 Å². The number of nitrogens with two attached hydrogens (primary N) is 1. The molecule has 0 radical (unpaired) electrons. The molecule has 28 heavy (non-hydrogen) atoms. The van der Waals surface area contributed by atoms with Gasteiger partial charge in [-0.05, 0) is 54.6 Å². The van der Waals surface area contributed by atoms with Gasteiger partial charge in [-0.3, -0.25) is 9.69 Å². The minimum absolute atomic E-state index is 0.152. The van der Waals surface area contributed by atoms with Crippen LogP contribution in [-0.4, -0.2) is 34.4 Å². The number of nitrogens with zero attached hydrogens (tertiary/aromatic N) is 1. The standard InChI is InChI=1S/C22H24N4O2/c23-11-10-17-13-24-19-8-6-15(12-18(17)19)7-9-20-21(27)26(22(28)25-20)14-16-4-2-1-3-5-16/h1-6,8,12-13,20,24H,7,9-11,14,23H2,(H,25,28). The lowest BCUT2D eigenvalue weighted by atomic mass is 10.0. The van der Waals surface area contributed by atoms with Crippen LogP contribution in [0, 0.1) is 0 Å². The average Bonchev–Trinajstić information content (AvgIpc) is 3.23. The van der Waals surface area contributed by atoms with Crippen molar-refractivity contribution in [1.82, 2.24) is 15.2 Å². The van der Waals surface area contributed by atoms with Crippen LogP contribution in [0.5, 0.6) is 0 Å². The molecule has 0 spiro atoms. The van der Waals surface area contributed by atoms with Gasteiger partial charge in [-0.2, -0.15) is 0 Å². The van der Waals surface area contributed by atoms with Crippen molar-refractivity contribution in [3.8, 4) is 0 Å². The molecule has 1 fully saturated rings. The Kier molecular flexibility index (Phi) is 5.12. The average molecular weight is 376 g/mol. The topological polar surface area (TPSA) is 91.2 Å². The highest BCUT2D eigenvalue weighted by molar-refractivity contribution is 6.04. The molecule has 2 heterocycles. The second-order valence-electron chi connectivity index (χ2n) is 7.18. The van der Waals surface area contributed by atoms with Gasteiger partial charge >= 0.3 is 6.03 Å². The Balaban J connectivity index is 1.42. The molecule has 0 bridgehead atoms. The largest absolute Gasteiger partial charge is 0.361 e. The van der Waals surface area contributed by atoms with Crippen LogP contribution in [0.4, 0.5) is 4.79 Å². The molecule has 4 rings (SSSR count). The van der Waals surface area contributed by atoms with Crippen molar-refractivity contribution in [2.24, 2.45) is 5.73 Å². The molecule has 1 aliphatic rings. The van der Waals surface area contributed by atoms with Crippen LogP contribution >= 0.6 is 0 Å². The smallest absolute Gasteiger partial charge is 0.325 e. The van der Waals surface area contributed by atoms with Gasteiger partial charge in [-0.1, -0.05) is 36.4 Å². The molecule has 2 aromatic carbocycles. The van der Waals surface area contributed by atoms with Crippen molar-refractivity contribution in [1.29, 1.82) is 0 Å². The zero-order chi connectivity index (χ0) is 19.5. The van der Waals surface area contributed by atoms with Crippen LogP contribution in [-0.2, 0) is 24.2 Å². The molecular weight excluding hydrogens is 352 g/mol. The number of urea groups is 1. The fourth-order valence-electron chi connectivity index (χ4n) is 3.74. The summed E-state index contributed by atoms with van der Waals surface area (Å²) in [6, 6.07) is 15.0. The first-order valence-corrected chi connectivity index (χ1v) is 9.60. The number of aromatic amines is 1. The Bertz CT molecular complexity index is 996. The maximum Gasteiger partial charge on any atom is 0.325 e. The maximum absolute atomic E-state index is 12.7. The van der Waals surface area contributed by atoms with E-state index in [2.05, 4.69) is 28.5 Å². The monoisotopic (exact) mass is 376 g/mol. The predicted molar refractivity (Wildman–Crippen MR) is 109 cm³/mol. The SMILES string of the molecule is NCCc1c[nH]c2ccc(CCC3NC(=O)N(Cc4ccccc4)C3=O)cc12. The third kappa shape index (κ3) is 3.64.